The Morgan fingerprint density at radius 2 is 1.94 bits per heavy atom. The lowest BCUT2D eigenvalue weighted by Gasteiger charge is -2.12. The number of nitrogens with one attached hydrogen (secondary N) is 1. The molecule has 0 aliphatic carbocycles. The molecule has 0 spiro atoms. The van der Waals surface area contributed by atoms with Gasteiger partial charge in [-0.25, -0.2) is 13.6 Å². The molecule has 0 aliphatic heterocycles. The Hall–Kier alpha value is -1.40. The van der Waals surface area contributed by atoms with E-state index in [1.54, 1.807) is 32.9 Å². The third-order valence-corrected chi connectivity index (χ3v) is 3.43. The second-order valence-corrected chi connectivity index (χ2v) is 5.65. The highest BCUT2D eigenvalue weighted by molar-refractivity contribution is 7.89. The molecule has 1 aromatic rings. The van der Waals surface area contributed by atoms with Crippen molar-refractivity contribution in [2.45, 2.75) is 25.7 Å². The lowest BCUT2D eigenvalue weighted by molar-refractivity contribution is -0.118. The van der Waals surface area contributed by atoms with Gasteiger partial charge in [-0.3, -0.25) is 4.79 Å². The molecule has 0 heterocycles. The zero-order chi connectivity index (χ0) is 13.2. The molecule has 1 aromatic carbocycles. The summed E-state index contributed by atoms with van der Waals surface area (Å²) in [5.41, 5.74) is 0.916. The van der Waals surface area contributed by atoms with E-state index >= 15 is 0 Å². The van der Waals surface area contributed by atoms with E-state index in [1.165, 1.54) is 6.07 Å². The number of carbonyl (C=O) groups is 1. The Kier molecular flexibility index (Phi) is 3.90. The monoisotopic (exact) mass is 256 g/mol. The summed E-state index contributed by atoms with van der Waals surface area (Å²) in [7, 11) is -3.76. The average molecular weight is 256 g/mol. The molecule has 5 nitrogen and oxygen atoms in total. The summed E-state index contributed by atoms with van der Waals surface area (Å²) in [5.74, 6) is -0.341. The van der Waals surface area contributed by atoms with Crippen molar-refractivity contribution in [2.24, 2.45) is 11.1 Å². The van der Waals surface area contributed by atoms with Crippen molar-refractivity contribution in [3.8, 4) is 0 Å². The van der Waals surface area contributed by atoms with Gasteiger partial charge in [0.25, 0.3) is 0 Å². The molecule has 1 rings (SSSR count). The van der Waals surface area contributed by atoms with E-state index in [9.17, 15) is 13.2 Å². The van der Waals surface area contributed by atoms with Gasteiger partial charge in [-0.05, 0) is 24.6 Å². The summed E-state index contributed by atoms with van der Waals surface area (Å²) in [6.45, 7) is 5.12. The van der Waals surface area contributed by atoms with Crippen molar-refractivity contribution < 1.29 is 13.2 Å². The van der Waals surface area contributed by atoms with Crippen molar-refractivity contribution in [1.29, 1.82) is 0 Å². The number of hydrogen-bond donors (Lipinski definition) is 2. The molecule has 0 atom stereocenters. The van der Waals surface area contributed by atoms with Crippen LogP contribution in [0.3, 0.4) is 0 Å². The maximum absolute atomic E-state index is 11.5. The second-order valence-electron chi connectivity index (χ2n) is 4.12. The smallest absolute Gasteiger partial charge is 0.238 e. The molecule has 0 fully saturated rings. The standard InChI is InChI=1S/C11H16N2O3S/c1-7(2)11(14)13-9-5-4-6-10(8(9)3)17(12,15)16/h4-7H,1-3H3,(H,13,14)(H2,12,15,16). The molecule has 0 bridgehead atoms. The highest BCUT2D eigenvalue weighted by Crippen LogP contribution is 2.22. The fourth-order valence-corrected chi connectivity index (χ4v) is 2.14. The lowest BCUT2D eigenvalue weighted by atomic mass is 10.1. The normalized spacial score (nSPS) is 11.6. The van der Waals surface area contributed by atoms with Gasteiger partial charge in [-0.1, -0.05) is 19.9 Å². The Morgan fingerprint density at radius 3 is 2.41 bits per heavy atom. The van der Waals surface area contributed by atoms with E-state index in [0.717, 1.165) is 0 Å². The molecule has 0 unspecified atom stereocenters. The van der Waals surface area contributed by atoms with Crippen LogP contribution in [0.2, 0.25) is 0 Å². The second kappa shape index (κ2) is 4.85. The van der Waals surface area contributed by atoms with E-state index in [-0.39, 0.29) is 16.7 Å². The number of anilines is 1. The van der Waals surface area contributed by atoms with Crippen molar-refractivity contribution in [3.05, 3.63) is 23.8 Å². The van der Waals surface area contributed by atoms with Crippen LogP contribution in [0, 0.1) is 12.8 Å². The summed E-state index contributed by atoms with van der Waals surface area (Å²) in [4.78, 5) is 11.6. The number of rotatable bonds is 3. The molecular formula is C11H16N2O3S. The van der Waals surface area contributed by atoms with Gasteiger partial charge in [-0.15, -0.1) is 0 Å². The summed E-state index contributed by atoms with van der Waals surface area (Å²) in [5, 5.41) is 7.74. The highest BCUT2D eigenvalue weighted by atomic mass is 32.2. The first kappa shape index (κ1) is 13.7. The van der Waals surface area contributed by atoms with Crippen LogP contribution in [-0.4, -0.2) is 14.3 Å². The van der Waals surface area contributed by atoms with E-state index in [0.29, 0.717) is 11.3 Å². The van der Waals surface area contributed by atoms with Gasteiger partial charge in [0.2, 0.25) is 15.9 Å². The molecule has 6 heteroatoms. The van der Waals surface area contributed by atoms with E-state index in [1.807, 2.05) is 0 Å². The van der Waals surface area contributed by atoms with E-state index in [2.05, 4.69) is 5.32 Å². The molecule has 0 aromatic heterocycles. The van der Waals surface area contributed by atoms with Crippen LogP contribution in [-0.2, 0) is 14.8 Å². The molecule has 0 radical (unpaired) electrons. The zero-order valence-electron chi connectivity index (χ0n) is 10.0. The molecule has 1 amide bonds. The van der Waals surface area contributed by atoms with Gasteiger partial charge in [-0.2, -0.15) is 0 Å². The Balaban J connectivity index is 3.16. The number of hydrogen-bond acceptors (Lipinski definition) is 3. The maximum Gasteiger partial charge on any atom is 0.238 e. The zero-order valence-corrected chi connectivity index (χ0v) is 10.8. The summed E-state index contributed by atoms with van der Waals surface area (Å²) >= 11 is 0. The van der Waals surface area contributed by atoms with Crippen LogP contribution in [0.25, 0.3) is 0 Å². The van der Waals surface area contributed by atoms with Crippen LogP contribution >= 0.6 is 0 Å². The number of carbonyl (C=O) groups excluding carboxylic acids is 1. The number of primary sulfonamides is 1. The van der Waals surface area contributed by atoms with Gasteiger partial charge in [0.05, 0.1) is 4.90 Å². The first-order valence-corrected chi connectivity index (χ1v) is 6.71. The van der Waals surface area contributed by atoms with Crippen LogP contribution in [0.4, 0.5) is 5.69 Å². The van der Waals surface area contributed by atoms with E-state index in [4.69, 9.17) is 5.14 Å². The largest absolute Gasteiger partial charge is 0.326 e. The molecule has 0 saturated heterocycles. The van der Waals surface area contributed by atoms with Crippen molar-refractivity contribution in [2.75, 3.05) is 5.32 Å². The predicted molar refractivity (Wildman–Crippen MR) is 66.0 cm³/mol. The summed E-state index contributed by atoms with van der Waals surface area (Å²) in [6, 6.07) is 4.60. The molecule has 94 valence electrons. The summed E-state index contributed by atoms with van der Waals surface area (Å²) < 4.78 is 22.6. The van der Waals surface area contributed by atoms with Gasteiger partial charge in [0.15, 0.2) is 0 Å². The van der Waals surface area contributed by atoms with Crippen LogP contribution < -0.4 is 10.5 Å². The number of amides is 1. The minimum atomic E-state index is -3.76. The minimum absolute atomic E-state index is 0.0269. The van der Waals surface area contributed by atoms with E-state index < -0.39 is 10.0 Å². The fraction of sp³-hybridized carbons (Fsp3) is 0.364. The van der Waals surface area contributed by atoms with Gasteiger partial charge in [0, 0.05) is 11.6 Å². The van der Waals surface area contributed by atoms with Crippen LogP contribution in [0.15, 0.2) is 23.1 Å². The first-order valence-electron chi connectivity index (χ1n) is 5.16. The Labute approximate surface area is 101 Å². The molecule has 0 saturated carbocycles. The SMILES string of the molecule is Cc1c(NC(=O)C(C)C)cccc1S(N)(=O)=O. The molecule has 3 N–H and O–H groups in total. The van der Waals surface area contributed by atoms with Crippen molar-refractivity contribution >= 4 is 21.6 Å². The highest BCUT2D eigenvalue weighted by Gasteiger charge is 2.15. The van der Waals surface area contributed by atoms with Crippen molar-refractivity contribution in [3.63, 3.8) is 0 Å². The van der Waals surface area contributed by atoms with Gasteiger partial charge >= 0.3 is 0 Å². The van der Waals surface area contributed by atoms with Crippen molar-refractivity contribution in [1.82, 2.24) is 0 Å². The number of benzene rings is 1. The van der Waals surface area contributed by atoms with Crippen LogP contribution in [0.5, 0.6) is 0 Å². The fourth-order valence-electron chi connectivity index (χ4n) is 1.34. The molecule has 0 aliphatic rings. The minimum Gasteiger partial charge on any atom is -0.326 e. The predicted octanol–water partition coefficient (Wildman–Crippen LogP) is 1.24. The quantitative estimate of drug-likeness (QED) is 0.852. The Morgan fingerprint density at radius 1 is 1.35 bits per heavy atom. The van der Waals surface area contributed by atoms with Crippen LogP contribution in [0.1, 0.15) is 19.4 Å². The van der Waals surface area contributed by atoms with Gasteiger partial charge < -0.3 is 5.32 Å². The van der Waals surface area contributed by atoms with Gasteiger partial charge in [0.1, 0.15) is 0 Å². The number of sulfonamides is 1. The first-order chi connectivity index (χ1) is 7.73. The summed E-state index contributed by atoms with van der Waals surface area (Å²) in [6.07, 6.45) is 0. The third-order valence-electron chi connectivity index (χ3n) is 2.37. The third kappa shape index (κ3) is 3.28. The average Bonchev–Trinajstić information content (AvgIpc) is 2.19. The molecule has 17 heavy (non-hydrogen) atoms. The molecular weight excluding hydrogens is 240 g/mol. The topological polar surface area (TPSA) is 89.3 Å². The maximum atomic E-state index is 11.5. The number of nitrogens with two attached hydrogens (primary N) is 1. The Bertz CT molecular complexity index is 536. The lowest BCUT2D eigenvalue weighted by Crippen LogP contribution is -2.20.